The summed E-state index contributed by atoms with van der Waals surface area (Å²) < 4.78 is 28.8. The molecule has 1 aromatic heterocycles. The smallest absolute Gasteiger partial charge is 0.328 e. The average molecular weight is 456 g/mol. The lowest BCUT2D eigenvalue weighted by Gasteiger charge is -2.26. The molecule has 3 N–H and O–H groups in total. The summed E-state index contributed by atoms with van der Waals surface area (Å²) in [6, 6.07) is 13.7. The van der Waals surface area contributed by atoms with Crippen molar-refractivity contribution in [2.45, 2.75) is 49.6 Å². The second-order valence-electron chi connectivity index (χ2n) is 7.91. The largest absolute Gasteiger partial charge is 0.480 e. The van der Waals surface area contributed by atoms with Crippen LogP contribution >= 0.6 is 0 Å². The van der Waals surface area contributed by atoms with E-state index in [0.29, 0.717) is 25.7 Å². The van der Waals surface area contributed by atoms with Gasteiger partial charge in [-0.25, -0.2) is 22.7 Å². The predicted molar refractivity (Wildman–Crippen MR) is 120 cm³/mol. The summed E-state index contributed by atoms with van der Waals surface area (Å²) in [4.78, 5) is 24.3. The summed E-state index contributed by atoms with van der Waals surface area (Å²) >= 11 is 0. The van der Waals surface area contributed by atoms with Crippen LogP contribution in [0.15, 0.2) is 59.5 Å². The molecule has 32 heavy (non-hydrogen) atoms. The first-order valence-electron chi connectivity index (χ1n) is 10.5. The van der Waals surface area contributed by atoms with Crippen LogP contribution in [0.4, 0.5) is 4.79 Å². The summed E-state index contributed by atoms with van der Waals surface area (Å²) in [6.07, 6.45) is 2.13. The Morgan fingerprint density at radius 3 is 2.50 bits per heavy atom. The Bertz CT molecular complexity index is 1270. The fourth-order valence-electron chi connectivity index (χ4n) is 4.49. The fourth-order valence-corrected chi connectivity index (χ4v) is 5.42. The van der Waals surface area contributed by atoms with Gasteiger partial charge in [-0.3, -0.25) is 0 Å². The zero-order valence-corrected chi connectivity index (χ0v) is 18.4. The van der Waals surface area contributed by atoms with Crippen molar-refractivity contribution < 1.29 is 23.1 Å². The molecule has 1 aliphatic carbocycles. The number of para-hydroxylation sites is 1. The monoisotopic (exact) mass is 455 g/mol. The number of fused-ring (bicyclic) bond motifs is 3. The Kier molecular flexibility index (Phi) is 5.92. The molecule has 4 rings (SSSR count). The molecule has 1 aliphatic rings. The lowest BCUT2D eigenvalue weighted by Crippen LogP contribution is -2.46. The summed E-state index contributed by atoms with van der Waals surface area (Å²) in [5, 5.41) is 13.5. The Hall–Kier alpha value is -3.33. The molecule has 2 atom stereocenters. The van der Waals surface area contributed by atoms with Gasteiger partial charge in [-0.15, -0.1) is 0 Å². The lowest BCUT2D eigenvalue weighted by atomic mass is 9.91. The van der Waals surface area contributed by atoms with Crippen molar-refractivity contribution in [3.05, 3.63) is 65.9 Å². The van der Waals surface area contributed by atoms with Crippen molar-refractivity contribution in [2.24, 2.45) is 0 Å². The first-order chi connectivity index (χ1) is 15.3. The number of hydrogen-bond donors (Lipinski definition) is 3. The predicted octanol–water partition coefficient (Wildman–Crippen LogP) is 3.22. The second-order valence-corrected chi connectivity index (χ2v) is 9.59. The third-order valence-electron chi connectivity index (χ3n) is 5.91. The van der Waals surface area contributed by atoms with E-state index in [1.807, 2.05) is 35.8 Å². The molecular formula is C23H25N3O5S. The number of carbonyl (C=O) groups excluding carboxylic acids is 1. The van der Waals surface area contributed by atoms with E-state index < -0.39 is 28.1 Å². The van der Waals surface area contributed by atoms with Gasteiger partial charge in [-0.1, -0.05) is 43.3 Å². The van der Waals surface area contributed by atoms with Gasteiger partial charge >= 0.3 is 12.0 Å². The summed E-state index contributed by atoms with van der Waals surface area (Å²) in [5.74, 6) is -0.873. The summed E-state index contributed by atoms with van der Waals surface area (Å²) in [7, 11) is -3.96. The molecule has 0 saturated heterocycles. The van der Waals surface area contributed by atoms with Gasteiger partial charge in [0, 0.05) is 22.6 Å². The van der Waals surface area contributed by atoms with E-state index in [0.717, 1.165) is 22.2 Å². The maximum absolute atomic E-state index is 12.4. The number of carboxylic acids is 1. The van der Waals surface area contributed by atoms with Crippen LogP contribution in [0.5, 0.6) is 0 Å². The number of amides is 2. The van der Waals surface area contributed by atoms with E-state index in [9.17, 15) is 23.1 Å². The molecule has 0 fully saturated rings. The molecule has 0 bridgehead atoms. The molecule has 168 valence electrons. The molecule has 1 unspecified atom stereocenters. The van der Waals surface area contributed by atoms with E-state index >= 15 is 0 Å². The van der Waals surface area contributed by atoms with E-state index in [1.54, 1.807) is 18.2 Å². The number of aromatic nitrogens is 1. The molecular weight excluding hydrogens is 430 g/mol. The fraction of sp³-hybridized carbons (Fsp3) is 0.304. The highest BCUT2D eigenvalue weighted by Gasteiger charge is 2.31. The third-order valence-corrected chi connectivity index (χ3v) is 7.25. The van der Waals surface area contributed by atoms with Crippen LogP contribution in [-0.2, 0) is 27.7 Å². The van der Waals surface area contributed by atoms with Gasteiger partial charge in [-0.2, -0.15) is 0 Å². The van der Waals surface area contributed by atoms with Gasteiger partial charge in [0.15, 0.2) is 0 Å². The Morgan fingerprint density at radius 2 is 1.81 bits per heavy atom. The van der Waals surface area contributed by atoms with E-state index in [-0.39, 0.29) is 10.9 Å². The number of nitrogens with one attached hydrogen (secondary N) is 2. The third kappa shape index (κ3) is 4.08. The van der Waals surface area contributed by atoms with Crippen LogP contribution in [0.1, 0.15) is 37.1 Å². The molecule has 3 aromatic rings. The molecule has 0 spiro atoms. The number of nitrogens with zero attached hydrogens (tertiary/aromatic N) is 1. The highest BCUT2D eigenvalue weighted by molar-refractivity contribution is 7.90. The number of hydrogen-bond acceptors (Lipinski definition) is 4. The summed E-state index contributed by atoms with van der Waals surface area (Å²) in [6.45, 7) is 1.85. The number of carbonyl (C=O) groups is 2. The maximum Gasteiger partial charge on any atom is 0.328 e. The van der Waals surface area contributed by atoms with Gasteiger partial charge < -0.3 is 15.0 Å². The van der Waals surface area contributed by atoms with Crippen LogP contribution in [0, 0.1) is 0 Å². The second kappa shape index (κ2) is 8.66. The molecule has 2 amide bonds. The first-order valence-corrected chi connectivity index (χ1v) is 12.0. The van der Waals surface area contributed by atoms with Crippen LogP contribution in [0.3, 0.4) is 0 Å². The van der Waals surface area contributed by atoms with Crippen LogP contribution in [0.25, 0.3) is 10.9 Å². The molecule has 2 aromatic carbocycles. The molecule has 9 heteroatoms. The maximum atomic E-state index is 12.4. The van der Waals surface area contributed by atoms with Gasteiger partial charge in [-0.05, 0) is 49.4 Å². The van der Waals surface area contributed by atoms with Gasteiger partial charge in [0.25, 0.3) is 10.0 Å². The van der Waals surface area contributed by atoms with Crippen molar-refractivity contribution in [3.8, 4) is 0 Å². The number of rotatable bonds is 6. The summed E-state index contributed by atoms with van der Waals surface area (Å²) in [5.41, 5.74) is 2.84. The van der Waals surface area contributed by atoms with Crippen molar-refractivity contribution >= 4 is 32.9 Å². The number of aliphatic carboxylic acids is 1. The van der Waals surface area contributed by atoms with E-state index in [1.165, 1.54) is 12.1 Å². The minimum absolute atomic E-state index is 0.0171. The van der Waals surface area contributed by atoms with Crippen molar-refractivity contribution in [3.63, 3.8) is 0 Å². The zero-order chi connectivity index (χ0) is 22.9. The van der Waals surface area contributed by atoms with Crippen molar-refractivity contribution in [2.75, 3.05) is 0 Å². The zero-order valence-electron chi connectivity index (χ0n) is 17.6. The minimum Gasteiger partial charge on any atom is -0.480 e. The molecule has 0 saturated carbocycles. The Morgan fingerprint density at radius 1 is 1.12 bits per heavy atom. The lowest BCUT2D eigenvalue weighted by molar-refractivity contribution is -0.140. The van der Waals surface area contributed by atoms with Crippen LogP contribution < -0.4 is 10.0 Å². The highest BCUT2D eigenvalue weighted by atomic mass is 32.2. The number of urea groups is 1. The normalized spacial score (nSPS) is 16.8. The minimum atomic E-state index is -3.96. The van der Waals surface area contributed by atoms with Gasteiger partial charge in [0.2, 0.25) is 0 Å². The van der Waals surface area contributed by atoms with Crippen LogP contribution in [-0.4, -0.2) is 36.1 Å². The SMILES string of the molecule is CCC(C(=O)O)n1c2c(c3ccccc31)C[C@@H](NC(=O)NS(=O)(=O)c1ccccc1)CC2. The highest BCUT2D eigenvalue weighted by Crippen LogP contribution is 2.35. The molecule has 0 radical (unpaired) electrons. The topological polar surface area (TPSA) is 118 Å². The van der Waals surface area contributed by atoms with E-state index in [4.69, 9.17) is 0 Å². The molecule has 1 heterocycles. The number of carboxylic acid groups (broad SMARTS) is 1. The standard InChI is InChI=1S/C23H25N3O5S/c1-2-19(22(27)28)26-20-11-7-6-10-17(20)18-14-15(12-13-21(18)26)24-23(29)25-32(30,31)16-8-4-3-5-9-16/h3-11,15,19H,2,12-14H2,1H3,(H,27,28)(H2,24,25,29)/t15-,19?/m0/s1. The molecule has 8 nitrogen and oxygen atoms in total. The number of sulfonamides is 1. The van der Waals surface area contributed by atoms with Crippen molar-refractivity contribution in [1.29, 1.82) is 0 Å². The average Bonchev–Trinajstić information content (AvgIpc) is 3.08. The van der Waals surface area contributed by atoms with Gasteiger partial charge in [0.05, 0.1) is 4.90 Å². The van der Waals surface area contributed by atoms with Crippen molar-refractivity contribution in [1.82, 2.24) is 14.6 Å². The van der Waals surface area contributed by atoms with Crippen LogP contribution in [0.2, 0.25) is 0 Å². The van der Waals surface area contributed by atoms with E-state index in [2.05, 4.69) is 10.0 Å². The first kappa shape index (κ1) is 21.9. The molecule has 0 aliphatic heterocycles. The quantitative estimate of drug-likeness (QED) is 0.528. The van der Waals surface area contributed by atoms with Gasteiger partial charge in [0.1, 0.15) is 6.04 Å². The number of benzene rings is 2. The Balaban J connectivity index is 1.57. The Labute approximate surface area is 186 Å².